The van der Waals surface area contributed by atoms with Crippen molar-refractivity contribution in [1.82, 2.24) is 10.3 Å². The zero-order chi connectivity index (χ0) is 20.3. The molecule has 2 amide bonds. The van der Waals surface area contributed by atoms with Gasteiger partial charge in [-0.25, -0.2) is 4.79 Å². The number of urea groups is 1. The number of hydrogen-bond acceptors (Lipinski definition) is 7. The van der Waals surface area contributed by atoms with Crippen LogP contribution < -0.4 is 10.1 Å². The van der Waals surface area contributed by atoms with Gasteiger partial charge in [0, 0.05) is 18.8 Å². The number of halogens is 1. The number of carbonyl (C=O) groups is 1. The van der Waals surface area contributed by atoms with Crippen LogP contribution >= 0.6 is 19.2 Å². The first kappa shape index (κ1) is 23.4. The highest BCUT2D eigenvalue weighted by molar-refractivity contribution is 7.54. The van der Waals surface area contributed by atoms with E-state index in [4.69, 9.17) is 25.4 Å². The molecule has 0 aliphatic heterocycles. The maximum absolute atomic E-state index is 13.3. The fourth-order valence-electron chi connectivity index (χ4n) is 2.34. The lowest BCUT2D eigenvalue weighted by atomic mass is 10.1. The number of amides is 2. The minimum Gasteiger partial charge on any atom is -0.497 e. The third-order valence-electron chi connectivity index (χ3n) is 3.51. The van der Waals surface area contributed by atoms with Crippen molar-refractivity contribution < 1.29 is 23.1 Å². The van der Waals surface area contributed by atoms with Crippen LogP contribution in [0.15, 0.2) is 29.6 Å². The molecular weight excluding hydrogens is 397 g/mol. The van der Waals surface area contributed by atoms with Gasteiger partial charge in [0.05, 0.1) is 25.6 Å². The maximum Gasteiger partial charge on any atom is 0.355 e. The van der Waals surface area contributed by atoms with Crippen LogP contribution in [0.1, 0.15) is 19.4 Å². The minimum atomic E-state index is -3.87. The van der Waals surface area contributed by atoms with Gasteiger partial charge < -0.3 is 19.1 Å². The maximum atomic E-state index is 13.3. The summed E-state index contributed by atoms with van der Waals surface area (Å²) in [6.07, 6.45) is 0.0291. The van der Waals surface area contributed by atoms with E-state index in [1.807, 2.05) is 0 Å². The van der Waals surface area contributed by atoms with Crippen molar-refractivity contribution in [2.24, 2.45) is 5.29 Å². The number of rotatable bonds is 12. The van der Waals surface area contributed by atoms with Crippen LogP contribution in [0.5, 0.6) is 5.75 Å². The van der Waals surface area contributed by atoms with Gasteiger partial charge in [0.2, 0.25) is 0 Å². The Labute approximate surface area is 163 Å². The summed E-state index contributed by atoms with van der Waals surface area (Å²) < 4.78 is 29.1. The zero-order valence-electron chi connectivity index (χ0n) is 15.6. The number of alkyl halides is 1. The second-order valence-corrected chi connectivity index (χ2v) is 7.83. The molecule has 0 bridgehead atoms. The number of carbonyl (C=O) groups excluding carboxylic acids is 1. The standard InChI is InChI=1S/C16H25ClN3O6P/c1-4-25-27(23,26-5-2)15(20(19-22)16(21)18-11-10-17)12-13-6-8-14(24-3)9-7-13/h6-9,15H,4-5,10-12H2,1-3H3,(H,18,21). The third kappa shape index (κ3) is 6.77. The number of methoxy groups -OCH3 is 1. The first-order chi connectivity index (χ1) is 12.9. The molecule has 27 heavy (non-hydrogen) atoms. The molecule has 1 aromatic rings. The normalized spacial score (nSPS) is 12.3. The summed E-state index contributed by atoms with van der Waals surface area (Å²) in [7, 11) is -2.33. The lowest BCUT2D eigenvalue weighted by molar-refractivity contribution is 0.160. The van der Waals surface area contributed by atoms with Crippen molar-refractivity contribution in [1.29, 1.82) is 0 Å². The summed E-state index contributed by atoms with van der Waals surface area (Å²) in [6.45, 7) is 3.55. The van der Waals surface area contributed by atoms with Crippen molar-refractivity contribution in [2.75, 3.05) is 32.7 Å². The summed E-state index contributed by atoms with van der Waals surface area (Å²) in [6, 6.07) is 6.06. The molecule has 1 atom stereocenters. The molecule has 0 fully saturated rings. The number of hydrogen-bond donors (Lipinski definition) is 1. The van der Waals surface area contributed by atoms with E-state index >= 15 is 0 Å². The molecule has 0 aromatic heterocycles. The van der Waals surface area contributed by atoms with Crippen LogP contribution in [0.25, 0.3) is 0 Å². The SMILES string of the molecule is CCOP(=O)(OCC)C(Cc1ccc(OC)cc1)N(N=O)C(=O)NCCCl. The number of ether oxygens (including phenoxy) is 1. The van der Waals surface area contributed by atoms with Crippen molar-refractivity contribution in [3.8, 4) is 5.75 Å². The Balaban J connectivity index is 3.24. The van der Waals surface area contributed by atoms with Crippen LogP contribution in [-0.4, -0.2) is 49.6 Å². The molecule has 0 saturated carbocycles. The van der Waals surface area contributed by atoms with E-state index < -0.39 is 19.4 Å². The molecule has 0 aliphatic carbocycles. The summed E-state index contributed by atoms with van der Waals surface area (Å²) in [4.78, 5) is 23.8. The Morgan fingerprint density at radius 2 is 1.85 bits per heavy atom. The summed E-state index contributed by atoms with van der Waals surface area (Å²) in [5, 5.41) is 5.76. The summed E-state index contributed by atoms with van der Waals surface area (Å²) in [5.74, 6) is -0.451. The van der Waals surface area contributed by atoms with E-state index in [1.54, 1.807) is 38.1 Å². The first-order valence-corrected chi connectivity index (χ1v) is 10.6. The molecule has 1 unspecified atom stereocenters. The van der Waals surface area contributed by atoms with Crippen LogP contribution in [0.2, 0.25) is 0 Å². The van der Waals surface area contributed by atoms with E-state index in [0.717, 1.165) is 0 Å². The second kappa shape index (κ2) is 11.9. The molecular formula is C16H25ClN3O6P. The van der Waals surface area contributed by atoms with Crippen molar-refractivity contribution in [2.45, 2.75) is 26.1 Å². The van der Waals surface area contributed by atoms with Crippen molar-refractivity contribution in [3.05, 3.63) is 34.7 Å². The Morgan fingerprint density at radius 3 is 2.30 bits per heavy atom. The molecule has 0 aliphatic rings. The molecule has 9 nitrogen and oxygen atoms in total. The van der Waals surface area contributed by atoms with Crippen molar-refractivity contribution >= 4 is 25.2 Å². The van der Waals surface area contributed by atoms with Gasteiger partial charge in [0.15, 0.2) is 5.78 Å². The topological polar surface area (TPSA) is 107 Å². The zero-order valence-corrected chi connectivity index (χ0v) is 17.2. The first-order valence-electron chi connectivity index (χ1n) is 8.43. The third-order valence-corrected chi connectivity index (χ3v) is 6.07. The van der Waals surface area contributed by atoms with Gasteiger partial charge in [-0.1, -0.05) is 12.1 Å². The lowest BCUT2D eigenvalue weighted by Crippen LogP contribution is -2.44. The highest BCUT2D eigenvalue weighted by Gasteiger charge is 2.43. The Bertz CT molecular complexity index is 636. The monoisotopic (exact) mass is 421 g/mol. The summed E-state index contributed by atoms with van der Waals surface area (Å²) in [5.41, 5.74) is 0.694. The average molecular weight is 422 g/mol. The van der Waals surface area contributed by atoms with Crippen molar-refractivity contribution in [3.63, 3.8) is 0 Å². The van der Waals surface area contributed by atoms with Gasteiger partial charge in [-0.15, -0.1) is 16.5 Å². The number of benzene rings is 1. The van der Waals surface area contributed by atoms with Crippen LogP contribution in [-0.2, 0) is 20.0 Å². The quantitative estimate of drug-likeness (QED) is 0.238. The Hall–Kier alpha value is -1.67. The highest BCUT2D eigenvalue weighted by Crippen LogP contribution is 2.55. The predicted molar refractivity (Wildman–Crippen MR) is 103 cm³/mol. The Kier molecular flexibility index (Phi) is 10.3. The smallest absolute Gasteiger partial charge is 0.355 e. The van der Waals surface area contributed by atoms with E-state index in [1.165, 1.54) is 7.11 Å². The Morgan fingerprint density at radius 1 is 1.26 bits per heavy atom. The largest absolute Gasteiger partial charge is 0.497 e. The van der Waals surface area contributed by atoms with Gasteiger partial charge in [0.25, 0.3) is 0 Å². The van der Waals surface area contributed by atoms with Gasteiger partial charge in [-0.3, -0.25) is 4.57 Å². The second-order valence-electron chi connectivity index (χ2n) is 5.26. The minimum absolute atomic E-state index is 0.0291. The molecule has 0 saturated heterocycles. The molecule has 0 spiro atoms. The molecule has 1 N–H and O–H groups in total. The molecule has 152 valence electrons. The van der Waals surface area contributed by atoms with Crippen LogP contribution in [0.3, 0.4) is 0 Å². The number of nitroso groups, excluding NO2 is 1. The molecule has 11 heteroatoms. The highest BCUT2D eigenvalue weighted by atomic mass is 35.5. The van der Waals surface area contributed by atoms with E-state index in [9.17, 15) is 14.3 Å². The van der Waals surface area contributed by atoms with Gasteiger partial charge in [-0.05, 0) is 31.5 Å². The van der Waals surface area contributed by atoms with E-state index in [-0.39, 0.29) is 32.1 Å². The molecule has 1 rings (SSSR count). The van der Waals surface area contributed by atoms with Gasteiger partial charge in [0.1, 0.15) is 5.75 Å². The predicted octanol–water partition coefficient (Wildman–Crippen LogP) is 3.76. The fourth-order valence-corrected chi connectivity index (χ4v) is 4.42. The van der Waals surface area contributed by atoms with Gasteiger partial charge >= 0.3 is 13.6 Å². The van der Waals surface area contributed by atoms with Crippen LogP contribution in [0, 0.1) is 4.91 Å². The summed E-state index contributed by atoms with van der Waals surface area (Å²) >= 11 is 5.56. The van der Waals surface area contributed by atoms with Crippen LogP contribution in [0.4, 0.5) is 4.79 Å². The number of nitrogens with zero attached hydrogens (tertiary/aromatic N) is 2. The van der Waals surface area contributed by atoms with E-state index in [0.29, 0.717) is 16.3 Å². The fraction of sp³-hybridized carbons (Fsp3) is 0.562. The average Bonchev–Trinajstić information content (AvgIpc) is 2.67. The van der Waals surface area contributed by atoms with E-state index in [2.05, 4.69) is 10.6 Å². The molecule has 1 aromatic carbocycles. The lowest BCUT2D eigenvalue weighted by Gasteiger charge is -2.30. The number of nitrogens with one attached hydrogen (secondary N) is 1. The molecule has 0 heterocycles. The van der Waals surface area contributed by atoms with Gasteiger partial charge in [-0.2, -0.15) is 5.01 Å². The molecule has 0 radical (unpaired) electrons.